The van der Waals surface area contributed by atoms with Gasteiger partial charge in [-0.05, 0) is 65.2 Å². The summed E-state index contributed by atoms with van der Waals surface area (Å²) in [5.74, 6) is 0.313. The van der Waals surface area contributed by atoms with Gasteiger partial charge in [-0.15, -0.1) is 0 Å². The minimum Gasteiger partial charge on any atom is -0.567 e. The van der Waals surface area contributed by atoms with Crippen molar-refractivity contribution in [3.05, 3.63) is 47.3 Å². The lowest BCUT2D eigenvalue weighted by atomic mass is 10.2. The molecule has 164 valence electrons. The van der Waals surface area contributed by atoms with Crippen molar-refractivity contribution in [2.45, 2.75) is 54.9 Å². The predicted molar refractivity (Wildman–Crippen MR) is 113 cm³/mol. The summed E-state index contributed by atoms with van der Waals surface area (Å²) in [6, 6.07) is 0. The minimum atomic E-state index is -4.01. The van der Waals surface area contributed by atoms with E-state index in [0.29, 0.717) is 12.0 Å². The number of allylic oxidation sites excluding steroid dienone is 6. The number of hydrogen-bond acceptors (Lipinski definition) is 5. The summed E-state index contributed by atoms with van der Waals surface area (Å²) in [6.07, 6.45) is 3.51. The molecule has 10 heteroatoms. The maximum absolute atomic E-state index is 10.5. The molecule has 28 heavy (non-hydrogen) atoms. The molecule has 0 fully saturated rings. The third-order valence-corrected chi connectivity index (χ3v) is 3.01. The molecule has 1 unspecified atom stereocenters. The highest BCUT2D eigenvalue weighted by Gasteiger charge is 2.14. The van der Waals surface area contributed by atoms with Gasteiger partial charge in [0.25, 0.3) is 0 Å². The predicted octanol–water partition coefficient (Wildman–Crippen LogP) is 3.97. The Morgan fingerprint density at radius 2 is 1.39 bits per heavy atom. The van der Waals surface area contributed by atoms with Gasteiger partial charge in [0.1, 0.15) is 5.78 Å². The number of Topliss-reactive ketones (excluding diaryl/α,β-unsaturated/α-hetero) is 1. The highest BCUT2D eigenvalue weighted by atomic mass is 31.2. The number of ketones is 2. The Labute approximate surface area is 170 Å². The lowest BCUT2D eigenvalue weighted by molar-refractivity contribution is -0.180. The van der Waals surface area contributed by atoms with Crippen LogP contribution in [-0.4, -0.2) is 26.2 Å². The molecule has 0 radical (unpaired) electrons. The second-order valence-corrected chi connectivity index (χ2v) is 8.35. The Bertz CT molecular complexity index is 641. The van der Waals surface area contributed by atoms with Crippen molar-refractivity contribution in [3.63, 3.8) is 0 Å². The first-order chi connectivity index (χ1) is 12.3. The van der Waals surface area contributed by atoms with Crippen molar-refractivity contribution in [1.82, 2.24) is 0 Å². The standard InChI is InChI=1S/C6H11O3P.2C6H10O.HO3P.H2/c1-5(2)4-6(3)10(7,8)9;2*1-5(2)4-6(3)7;1-4(2)3;/h4H,1H2,2-3H3,(H2,7,8,9);4H,1-3H3;1,4H2,2-3H3;(H,1,2,3);1H/b6-4+;;;;. The van der Waals surface area contributed by atoms with Crippen LogP contribution >= 0.6 is 15.9 Å². The Kier molecular flexibility index (Phi) is 22.9. The molecule has 0 aliphatic rings. The Balaban J connectivity index is -0.0000000911. The molecule has 0 bridgehead atoms. The van der Waals surface area contributed by atoms with Crippen LogP contribution in [0.5, 0.6) is 0 Å². The lowest BCUT2D eigenvalue weighted by Crippen LogP contribution is -1.87. The zero-order chi connectivity index (χ0) is 23.7. The third-order valence-electron chi connectivity index (χ3n) is 1.96. The molecule has 0 aliphatic heterocycles. The first-order valence-electron chi connectivity index (χ1n) is 7.85. The van der Waals surface area contributed by atoms with E-state index in [1.165, 1.54) is 13.0 Å². The van der Waals surface area contributed by atoms with Crippen molar-refractivity contribution in [2.75, 3.05) is 0 Å². The molecule has 3 N–H and O–H groups in total. The van der Waals surface area contributed by atoms with E-state index < -0.39 is 15.9 Å². The van der Waals surface area contributed by atoms with Gasteiger partial charge >= 0.3 is 15.9 Å². The van der Waals surface area contributed by atoms with Crippen LogP contribution in [0.2, 0.25) is 0 Å². The first-order valence-corrected chi connectivity index (χ1v) is 10.6. The SMILES string of the molecule is C=C(C)/C=C(\C)P(=O)(O)O.C=C(C)CC(C)=O.CC(=O)C=C(C)C.O=[P+]([O-])O.[HH]. The van der Waals surface area contributed by atoms with E-state index in [1.54, 1.807) is 26.8 Å². The van der Waals surface area contributed by atoms with Gasteiger partial charge in [0.05, 0.1) is 0 Å². The smallest absolute Gasteiger partial charge is 0.485 e. The summed E-state index contributed by atoms with van der Waals surface area (Å²) in [7, 11) is -7.13. The average molecular weight is 440 g/mol. The Hall–Kier alpha value is -1.53. The molecule has 0 aromatic heterocycles. The maximum Gasteiger partial charge on any atom is 0.485 e. The highest BCUT2D eigenvalue weighted by molar-refractivity contribution is 7.56. The molecule has 0 aromatic rings. The zero-order valence-corrected chi connectivity index (χ0v) is 19.3. The van der Waals surface area contributed by atoms with Gasteiger partial charge in [0.15, 0.2) is 5.78 Å². The number of rotatable bonds is 5. The van der Waals surface area contributed by atoms with E-state index in [-0.39, 0.29) is 18.3 Å². The fourth-order valence-corrected chi connectivity index (χ4v) is 1.66. The molecule has 1 atom stereocenters. The fraction of sp³-hybridized carbons (Fsp3) is 0.444. The van der Waals surface area contributed by atoms with Crippen molar-refractivity contribution in [1.29, 1.82) is 0 Å². The third kappa shape index (κ3) is 49.7. The van der Waals surface area contributed by atoms with Gasteiger partial charge in [-0.2, -0.15) is 4.89 Å². The van der Waals surface area contributed by atoms with Crippen molar-refractivity contribution < 1.29 is 39.7 Å². The van der Waals surface area contributed by atoms with Crippen molar-refractivity contribution in [2.24, 2.45) is 0 Å². The molecule has 0 aromatic carbocycles. The first kappa shape index (κ1) is 34.0. The monoisotopic (exact) mass is 440 g/mol. The maximum atomic E-state index is 10.5. The lowest BCUT2D eigenvalue weighted by Gasteiger charge is -2.01. The topological polar surface area (TPSA) is 152 Å². The van der Waals surface area contributed by atoms with E-state index in [4.69, 9.17) is 24.1 Å². The normalized spacial score (nSPS) is 10.4. The fourth-order valence-electron chi connectivity index (χ4n) is 1.27. The summed E-state index contributed by atoms with van der Waals surface area (Å²) in [6.45, 7) is 18.9. The van der Waals surface area contributed by atoms with Gasteiger partial charge in [-0.25, -0.2) is 0 Å². The van der Waals surface area contributed by atoms with E-state index >= 15 is 0 Å². The van der Waals surface area contributed by atoms with Crippen LogP contribution < -0.4 is 4.89 Å². The van der Waals surface area contributed by atoms with Crippen molar-refractivity contribution >= 4 is 27.4 Å². The van der Waals surface area contributed by atoms with Gasteiger partial charge < -0.3 is 14.7 Å². The van der Waals surface area contributed by atoms with Crippen LogP contribution in [0.3, 0.4) is 0 Å². The van der Waals surface area contributed by atoms with Crippen LogP contribution in [0.25, 0.3) is 0 Å². The number of hydrogen-bond donors (Lipinski definition) is 3. The van der Waals surface area contributed by atoms with Gasteiger partial charge in [0, 0.05) is 13.2 Å². The molecule has 0 rings (SSSR count). The molecule has 0 saturated carbocycles. The van der Waals surface area contributed by atoms with E-state index in [2.05, 4.69) is 13.2 Å². The summed E-state index contributed by atoms with van der Waals surface area (Å²) in [5.41, 5.74) is 2.64. The van der Waals surface area contributed by atoms with Crippen LogP contribution in [0.4, 0.5) is 0 Å². The van der Waals surface area contributed by atoms with Crippen LogP contribution in [-0.2, 0) is 18.7 Å². The molecule has 8 nitrogen and oxygen atoms in total. The number of carbonyl (C=O) groups excluding carboxylic acids is 2. The largest absolute Gasteiger partial charge is 0.567 e. The van der Waals surface area contributed by atoms with E-state index in [9.17, 15) is 14.2 Å². The summed E-state index contributed by atoms with van der Waals surface area (Å²) in [4.78, 5) is 53.0. The second kappa shape index (κ2) is 18.8. The Morgan fingerprint density at radius 1 is 1.04 bits per heavy atom. The second-order valence-electron chi connectivity index (χ2n) is 6.08. The number of carbonyl (C=O) groups is 2. The minimum absolute atomic E-state index is 0. The quantitative estimate of drug-likeness (QED) is 0.251. The van der Waals surface area contributed by atoms with Gasteiger partial charge in [-0.3, -0.25) is 14.2 Å². The summed E-state index contributed by atoms with van der Waals surface area (Å²) < 4.78 is 19.0. The zero-order valence-electron chi connectivity index (χ0n) is 17.6. The summed E-state index contributed by atoms with van der Waals surface area (Å²) >= 11 is 0. The molecule has 0 amide bonds. The molecule has 0 saturated heterocycles. The molecule has 0 heterocycles. The average Bonchev–Trinajstić information content (AvgIpc) is 2.33. The van der Waals surface area contributed by atoms with Crippen LogP contribution in [0.1, 0.15) is 56.3 Å². The van der Waals surface area contributed by atoms with E-state index in [1.807, 2.05) is 20.8 Å². The van der Waals surface area contributed by atoms with Gasteiger partial charge in [0.2, 0.25) is 0 Å². The van der Waals surface area contributed by atoms with E-state index in [0.717, 1.165) is 11.1 Å². The van der Waals surface area contributed by atoms with Gasteiger partial charge in [-0.1, -0.05) is 29.9 Å². The molecular weight excluding hydrogens is 406 g/mol. The molecular formula is C18H34O8P2. The Morgan fingerprint density at radius 3 is 1.43 bits per heavy atom. The van der Waals surface area contributed by atoms with Crippen LogP contribution in [0, 0.1) is 0 Å². The van der Waals surface area contributed by atoms with Crippen LogP contribution in [0.15, 0.2) is 47.3 Å². The molecule has 0 spiro atoms. The molecule has 0 aliphatic carbocycles. The summed E-state index contributed by atoms with van der Waals surface area (Å²) in [5, 5.41) is 0.0556. The highest BCUT2D eigenvalue weighted by Crippen LogP contribution is 2.44. The van der Waals surface area contributed by atoms with Crippen molar-refractivity contribution in [3.8, 4) is 0 Å².